The van der Waals surface area contributed by atoms with Crippen molar-refractivity contribution >= 4 is 0 Å². The molecule has 3 nitrogen and oxygen atoms in total. The second-order valence-electron chi connectivity index (χ2n) is 19.5. The maximum atomic E-state index is 5.35. The number of pyridine rings is 3. The van der Waals surface area contributed by atoms with Crippen molar-refractivity contribution in [2.45, 2.75) is 25.7 Å². The lowest BCUT2D eigenvalue weighted by Gasteiger charge is -2.18. The van der Waals surface area contributed by atoms with Gasteiger partial charge in [-0.05, 0) is 133 Å². The van der Waals surface area contributed by atoms with Crippen LogP contribution in [-0.2, 0) is 25.7 Å². The van der Waals surface area contributed by atoms with Crippen molar-refractivity contribution in [1.29, 1.82) is 0 Å². The normalized spacial score (nSPS) is 11.1. The molecule has 0 spiro atoms. The molecule has 3 heterocycles. The largest absolute Gasteiger partial charge is 0.256 e. The molecular formula is C73H55N3. The predicted octanol–water partition coefficient (Wildman–Crippen LogP) is 18.4. The molecule has 0 atom stereocenters. The lowest BCUT2D eigenvalue weighted by Crippen LogP contribution is -1.99. The highest BCUT2D eigenvalue weighted by Gasteiger charge is 2.18. The maximum absolute atomic E-state index is 5.35. The van der Waals surface area contributed by atoms with E-state index in [0.717, 1.165) is 81.7 Å². The summed E-state index contributed by atoms with van der Waals surface area (Å²) in [6, 6.07) is 95.7. The van der Waals surface area contributed by atoms with Crippen molar-refractivity contribution in [3.05, 3.63) is 308 Å². The quantitative estimate of drug-likeness (QED) is 0.103. The van der Waals surface area contributed by atoms with Gasteiger partial charge in [-0.15, -0.1) is 0 Å². The molecule has 0 aliphatic rings. The number of hydrogen-bond acceptors (Lipinski definition) is 3. The van der Waals surface area contributed by atoms with Crippen LogP contribution in [0.3, 0.4) is 0 Å². The summed E-state index contributed by atoms with van der Waals surface area (Å²) >= 11 is 0. The predicted molar refractivity (Wildman–Crippen MR) is 316 cm³/mol. The molecular weight excluding hydrogens is 919 g/mol. The summed E-state index contributed by atoms with van der Waals surface area (Å²) < 4.78 is 0. The third-order valence-corrected chi connectivity index (χ3v) is 14.5. The molecule has 0 radical (unpaired) electrons. The van der Waals surface area contributed by atoms with E-state index in [9.17, 15) is 0 Å². The van der Waals surface area contributed by atoms with Gasteiger partial charge in [-0.1, -0.05) is 243 Å². The van der Waals surface area contributed by atoms with Gasteiger partial charge in [0, 0.05) is 40.8 Å². The van der Waals surface area contributed by atoms with E-state index >= 15 is 0 Å². The van der Waals surface area contributed by atoms with Gasteiger partial charge in [-0.25, -0.2) is 0 Å². The summed E-state index contributed by atoms with van der Waals surface area (Å²) in [5, 5.41) is 0. The second-order valence-corrected chi connectivity index (χ2v) is 19.5. The molecule has 362 valence electrons. The Morgan fingerprint density at radius 1 is 0.184 bits per heavy atom. The van der Waals surface area contributed by atoms with Crippen LogP contribution in [0.2, 0.25) is 0 Å². The van der Waals surface area contributed by atoms with Gasteiger partial charge in [0.1, 0.15) is 0 Å². The first-order valence-electron chi connectivity index (χ1n) is 26.3. The van der Waals surface area contributed by atoms with Gasteiger partial charge < -0.3 is 0 Å². The first-order chi connectivity index (χ1) is 37.6. The van der Waals surface area contributed by atoms with Crippen molar-refractivity contribution < 1.29 is 0 Å². The van der Waals surface area contributed by atoms with Crippen LogP contribution in [-0.4, -0.2) is 15.0 Å². The van der Waals surface area contributed by atoms with Gasteiger partial charge >= 0.3 is 0 Å². The number of aryl methyl sites for hydroxylation is 4. The molecule has 76 heavy (non-hydrogen) atoms. The third kappa shape index (κ3) is 10.7. The first-order valence-corrected chi connectivity index (χ1v) is 26.3. The van der Waals surface area contributed by atoms with Crippen LogP contribution in [0.25, 0.3) is 101 Å². The first kappa shape index (κ1) is 47.4. The summed E-state index contributed by atoms with van der Waals surface area (Å²) in [5.41, 5.74) is 25.2. The van der Waals surface area contributed by atoms with E-state index in [1.165, 1.54) is 66.8 Å². The van der Waals surface area contributed by atoms with E-state index in [2.05, 4.69) is 261 Å². The Kier molecular flexibility index (Phi) is 13.9. The van der Waals surface area contributed by atoms with E-state index in [1.807, 2.05) is 24.5 Å². The summed E-state index contributed by atoms with van der Waals surface area (Å²) in [7, 11) is 0. The second kappa shape index (κ2) is 22.3. The summed E-state index contributed by atoms with van der Waals surface area (Å²) in [5.74, 6) is 0. The summed E-state index contributed by atoms with van der Waals surface area (Å²) in [6.07, 6.45) is 9.70. The molecule has 0 aliphatic heterocycles. The van der Waals surface area contributed by atoms with E-state index in [1.54, 1.807) is 0 Å². The number of rotatable bonds is 15. The molecule has 0 unspecified atom stereocenters. The standard InChI is InChI=1S/C73H55N3/c1-6-18-56(19-7-1)57-36-38-60(39-37-57)69-48-73(63-40-41-66(58-20-8-2-9-21-58)68(47-63)59-22-10-3-11-23-59)76-51-70(69)67-29-17-16-28-65(67)64-45-54(32-30-52-34-42-71(74-49-52)61-24-12-4-13-25-61)44-55(46-64)33-31-53-35-43-72(75-50-53)62-26-14-5-15-27-62/h1-29,34-51H,30-33H2. The molecule has 0 aliphatic carbocycles. The van der Waals surface area contributed by atoms with E-state index in [0.29, 0.717) is 0 Å². The molecule has 3 aromatic heterocycles. The Hall–Kier alpha value is -9.57. The fraction of sp³-hybridized carbons (Fsp3) is 0.0548. The fourth-order valence-corrected chi connectivity index (χ4v) is 10.4. The van der Waals surface area contributed by atoms with Gasteiger partial charge in [0.25, 0.3) is 0 Å². The number of benzene rings is 9. The van der Waals surface area contributed by atoms with Crippen molar-refractivity contribution in [2.75, 3.05) is 0 Å². The minimum Gasteiger partial charge on any atom is -0.256 e. The van der Waals surface area contributed by atoms with Gasteiger partial charge in [0.05, 0.1) is 17.1 Å². The topological polar surface area (TPSA) is 38.7 Å². The van der Waals surface area contributed by atoms with E-state index in [-0.39, 0.29) is 0 Å². The Bertz CT molecular complexity index is 3750. The number of nitrogens with zero attached hydrogens (tertiary/aromatic N) is 3. The van der Waals surface area contributed by atoms with Gasteiger partial charge in [-0.3, -0.25) is 15.0 Å². The zero-order valence-electron chi connectivity index (χ0n) is 42.3. The molecule has 0 bridgehead atoms. The third-order valence-electron chi connectivity index (χ3n) is 14.5. The van der Waals surface area contributed by atoms with Crippen molar-refractivity contribution in [3.8, 4) is 101 Å². The van der Waals surface area contributed by atoms with Gasteiger partial charge in [0.2, 0.25) is 0 Å². The van der Waals surface area contributed by atoms with E-state index < -0.39 is 0 Å². The Labute approximate surface area is 446 Å². The zero-order chi connectivity index (χ0) is 50.9. The van der Waals surface area contributed by atoms with Crippen LogP contribution >= 0.6 is 0 Å². The molecule has 0 amide bonds. The molecule has 12 rings (SSSR count). The van der Waals surface area contributed by atoms with Crippen LogP contribution in [0.5, 0.6) is 0 Å². The highest BCUT2D eigenvalue weighted by molar-refractivity contribution is 5.94. The minimum absolute atomic E-state index is 0.879. The lowest BCUT2D eigenvalue weighted by atomic mass is 9.87. The molecule has 3 heteroatoms. The number of aromatic nitrogens is 3. The molecule has 0 saturated heterocycles. The van der Waals surface area contributed by atoms with Crippen LogP contribution in [0.4, 0.5) is 0 Å². The van der Waals surface area contributed by atoms with Crippen molar-refractivity contribution in [3.63, 3.8) is 0 Å². The van der Waals surface area contributed by atoms with Crippen LogP contribution in [0.15, 0.2) is 286 Å². The van der Waals surface area contributed by atoms with E-state index in [4.69, 9.17) is 15.0 Å². The minimum atomic E-state index is 0.879. The average molecular weight is 974 g/mol. The molecule has 0 saturated carbocycles. The molecule has 12 aromatic rings. The SMILES string of the molecule is c1ccc(-c2ccc(-c3cc(-c4ccc(-c5ccccc5)c(-c5ccccc5)c4)ncc3-c3ccccc3-c3cc(CCc4ccc(-c5ccccc5)nc4)cc(CCc4ccc(-c5ccccc5)nc4)c3)cc2)cc1. The zero-order valence-corrected chi connectivity index (χ0v) is 42.3. The van der Waals surface area contributed by atoms with Crippen LogP contribution in [0.1, 0.15) is 22.3 Å². The Morgan fingerprint density at radius 3 is 1.09 bits per heavy atom. The molecule has 0 N–H and O–H groups in total. The lowest BCUT2D eigenvalue weighted by molar-refractivity contribution is 0.923. The van der Waals surface area contributed by atoms with Gasteiger partial charge in [-0.2, -0.15) is 0 Å². The van der Waals surface area contributed by atoms with Gasteiger partial charge in [0.15, 0.2) is 0 Å². The highest BCUT2D eigenvalue weighted by atomic mass is 14.7. The summed E-state index contributed by atoms with van der Waals surface area (Å²) in [4.78, 5) is 15.1. The summed E-state index contributed by atoms with van der Waals surface area (Å²) in [6.45, 7) is 0. The van der Waals surface area contributed by atoms with Crippen LogP contribution in [0, 0.1) is 0 Å². The van der Waals surface area contributed by atoms with Crippen molar-refractivity contribution in [1.82, 2.24) is 15.0 Å². The smallest absolute Gasteiger partial charge is 0.0708 e. The monoisotopic (exact) mass is 973 g/mol. The molecule has 0 fully saturated rings. The average Bonchev–Trinajstić information content (AvgIpc) is 3.54. The fourth-order valence-electron chi connectivity index (χ4n) is 10.4. The highest BCUT2D eigenvalue weighted by Crippen LogP contribution is 2.42. The van der Waals surface area contributed by atoms with Crippen molar-refractivity contribution in [2.24, 2.45) is 0 Å². The van der Waals surface area contributed by atoms with Crippen LogP contribution < -0.4 is 0 Å². The maximum Gasteiger partial charge on any atom is 0.0708 e. The molecule has 9 aromatic carbocycles. The Balaban J connectivity index is 0.937. The Morgan fingerprint density at radius 2 is 0.566 bits per heavy atom. The number of hydrogen-bond donors (Lipinski definition) is 0.